The number of sulfonamides is 1. The first-order valence-electron chi connectivity index (χ1n) is 4.65. The van der Waals surface area contributed by atoms with E-state index in [9.17, 15) is 8.42 Å². The van der Waals surface area contributed by atoms with Gasteiger partial charge >= 0.3 is 0 Å². The summed E-state index contributed by atoms with van der Waals surface area (Å²) in [7, 11) is -3.22. The molecule has 0 unspecified atom stereocenters. The van der Waals surface area contributed by atoms with Gasteiger partial charge < -0.3 is 4.98 Å². The zero-order valence-corrected chi connectivity index (χ0v) is 13.4. The molecule has 93 valence electrons. The zero-order chi connectivity index (χ0) is 12.6. The van der Waals surface area contributed by atoms with Crippen LogP contribution in [0.5, 0.6) is 0 Å². The van der Waals surface area contributed by atoms with Crippen LogP contribution < -0.4 is 4.72 Å². The van der Waals surface area contributed by atoms with E-state index < -0.39 is 10.0 Å². The van der Waals surface area contributed by atoms with E-state index in [0.29, 0.717) is 0 Å². The smallest absolute Gasteiger partial charge is 0.229 e. The van der Waals surface area contributed by atoms with Gasteiger partial charge in [-0.25, -0.2) is 20.6 Å². The van der Waals surface area contributed by atoms with Crippen molar-refractivity contribution in [1.29, 1.82) is 0 Å². The number of nitrogens with one attached hydrogen (secondary N) is 1. The second kappa shape index (κ2) is 9.13. The predicted molar refractivity (Wildman–Crippen MR) is 64.6 cm³/mol. The molecule has 1 radical (unpaired) electrons. The molecule has 0 amide bonds. The molecule has 1 N–H and O–H groups in total. The van der Waals surface area contributed by atoms with Gasteiger partial charge in [-0.15, -0.1) is 0 Å². The summed E-state index contributed by atoms with van der Waals surface area (Å²) in [4.78, 5) is 7.38. The van der Waals surface area contributed by atoms with E-state index in [0.717, 1.165) is 6.26 Å². The van der Waals surface area contributed by atoms with Gasteiger partial charge in [0.05, 0.1) is 6.26 Å². The molecule has 18 heavy (non-hydrogen) atoms. The van der Waals surface area contributed by atoms with Crippen LogP contribution in [0.1, 0.15) is 0 Å². The molecule has 0 saturated carbocycles. The van der Waals surface area contributed by atoms with E-state index in [4.69, 9.17) is 0 Å². The summed E-state index contributed by atoms with van der Waals surface area (Å²) >= 11 is 0. The van der Waals surface area contributed by atoms with Crippen LogP contribution in [0.3, 0.4) is 0 Å². The fraction of sp³-hybridized carbons (Fsp3) is 0.0909. The van der Waals surface area contributed by atoms with Crippen molar-refractivity contribution in [3.63, 3.8) is 0 Å². The molecule has 0 aliphatic heterocycles. The van der Waals surface area contributed by atoms with Gasteiger partial charge in [-0.1, -0.05) is 18.6 Å². The minimum Gasteiger partial charge on any atom is -0.394 e. The van der Waals surface area contributed by atoms with Crippen molar-refractivity contribution in [3.8, 4) is 0 Å². The molecule has 0 atom stereocenters. The van der Waals surface area contributed by atoms with Gasteiger partial charge in [0.2, 0.25) is 10.0 Å². The maximum Gasteiger partial charge on any atom is 0.229 e. The molecule has 7 heteroatoms. The third-order valence-corrected chi connectivity index (χ3v) is 1.97. The van der Waals surface area contributed by atoms with Crippen molar-refractivity contribution in [2.45, 2.75) is 0 Å². The van der Waals surface area contributed by atoms with Gasteiger partial charge in [0.25, 0.3) is 0 Å². The topological polar surface area (TPSA) is 72.0 Å². The monoisotopic (exact) mass is 338 g/mol. The summed E-state index contributed by atoms with van der Waals surface area (Å²) in [6, 6.07) is 11.4. The molecule has 2 aromatic rings. The molecular formula is C11H11N3O2SY-2. The standard InChI is InChI=1S/C6H7N2O2S.C5H4N.Y/c1-11(9,10)8-6-4-2-3-5-7-6;1-2-4-6-5-3-1;/h2-3,5H,1H3,(H,7,8);1-4H;/q2*-1;. The zero-order valence-electron chi connectivity index (χ0n) is 9.74. The van der Waals surface area contributed by atoms with E-state index in [-0.39, 0.29) is 38.5 Å². The van der Waals surface area contributed by atoms with Crippen molar-refractivity contribution >= 4 is 15.8 Å². The SMILES string of the molecule is CS(=O)(=O)Nc1[c-]cccn1.[Y].[c-]1ccccn1. The number of nitrogens with zero attached hydrogens (tertiary/aromatic N) is 2. The molecule has 0 bridgehead atoms. The summed E-state index contributed by atoms with van der Waals surface area (Å²) < 4.78 is 23.4. The molecule has 2 heterocycles. The fourth-order valence-electron chi connectivity index (χ4n) is 0.834. The van der Waals surface area contributed by atoms with E-state index >= 15 is 0 Å². The van der Waals surface area contributed by atoms with Gasteiger partial charge in [0.15, 0.2) is 0 Å². The molecular weight excluding hydrogens is 327 g/mol. The summed E-state index contributed by atoms with van der Waals surface area (Å²) in [6.45, 7) is 0. The molecule has 2 aromatic heterocycles. The summed E-state index contributed by atoms with van der Waals surface area (Å²) in [5.41, 5.74) is 0. The number of hydrogen-bond donors (Lipinski definition) is 1. The maximum atomic E-state index is 10.6. The second-order valence-corrected chi connectivity index (χ2v) is 4.71. The Morgan fingerprint density at radius 1 is 1.17 bits per heavy atom. The Hall–Kier alpha value is -0.846. The minimum absolute atomic E-state index is 0. The number of pyridine rings is 2. The van der Waals surface area contributed by atoms with Crippen molar-refractivity contribution in [3.05, 3.63) is 55.0 Å². The van der Waals surface area contributed by atoms with Crippen LogP contribution in [0.25, 0.3) is 0 Å². The van der Waals surface area contributed by atoms with Crippen molar-refractivity contribution < 1.29 is 41.1 Å². The second-order valence-electron chi connectivity index (χ2n) is 2.96. The first-order chi connectivity index (χ1) is 8.08. The Balaban J connectivity index is 0.000000352. The largest absolute Gasteiger partial charge is 0.394 e. The minimum atomic E-state index is -3.22. The average Bonchev–Trinajstić information content (AvgIpc) is 2.31. The molecule has 0 spiro atoms. The van der Waals surface area contributed by atoms with E-state index in [1.165, 1.54) is 6.20 Å². The molecule has 0 fully saturated rings. The normalized spacial score (nSPS) is 9.39. The molecule has 5 nitrogen and oxygen atoms in total. The maximum absolute atomic E-state index is 10.6. The number of aromatic nitrogens is 2. The predicted octanol–water partition coefficient (Wildman–Crippen LogP) is 1.13. The van der Waals surface area contributed by atoms with Crippen molar-refractivity contribution in [2.75, 3.05) is 11.0 Å². The fourth-order valence-corrected chi connectivity index (χ4v) is 1.30. The van der Waals surface area contributed by atoms with Gasteiger partial charge in [-0.05, 0) is 0 Å². The Labute approximate surface area is 132 Å². The summed E-state index contributed by atoms with van der Waals surface area (Å²) in [6.07, 6.45) is 6.89. The van der Waals surface area contributed by atoms with Crippen LogP contribution in [0.4, 0.5) is 5.82 Å². The van der Waals surface area contributed by atoms with E-state index in [1.807, 2.05) is 12.1 Å². The third-order valence-electron chi connectivity index (χ3n) is 1.41. The van der Waals surface area contributed by atoms with Crippen LogP contribution in [-0.2, 0) is 42.7 Å². The summed E-state index contributed by atoms with van der Waals surface area (Å²) in [5.74, 6) is 0.218. The van der Waals surface area contributed by atoms with E-state index in [2.05, 4.69) is 27.0 Å². The average molecular weight is 338 g/mol. The third kappa shape index (κ3) is 9.21. The molecule has 0 aliphatic rings. The van der Waals surface area contributed by atoms with Crippen LogP contribution in [0.2, 0.25) is 0 Å². The molecule has 0 aliphatic carbocycles. The first kappa shape index (κ1) is 17.2. The quantitative estimate of drug-likeness (QED) is 0.834. The van der Waals surface area contributed by atoms with Crippen LogP contribution in [0, 0.1) is 12.3 Å². The number of rotatable bonds is 2. The van der Waals surface area contributed by atoms with Crippen LogP contribution in [-0.4, -0.2) is 24.6 Å². The Morgan fingerprint density at radius 2 is 1.94 bits per heavy atom. The molecule has 0 saturated heterocycles. The first-order valence-corrected chi connectivity index (χ1v) is 6.54. The van der Waals surface area contributed by atoms with Gasteiger partial charge in [-0.3, -0.25) is 9.71 Å². The number of anilines is 1. The molecule has 2 rings (SSSR count). The van der Waals surface area contributed by atoms with Gasteiger partial charge in [0, 0.05) is 38.5 Å². The van der Waals surface area contributed by atoms with Gasteiger partial charge in [0.1, 0.15) is 0 Å². The molecule has 0 aromatic carbocycles. The van der Waals surface area contributed by atoms with Gasteiger partial charge in [-0.2, -0.15) is 24.3 Å². The Morgan fingerprint density at radius 3 is 2.28 bits per heavy atom. The number of hydrogen-bond acceptors (Lipinski definition) is 4. The Kier molecular flexibility index (Phi) is 8.70. The van der Waals surface area contributed by atoms with Crippen LogP contribution in [0.15, 0.2) is 42.7 Å². The van der Waals surface area contributed by atoms with Crippen LogP contribution >= 0.6 is 0 Å². The van der Waals surface area contributed by atoms with E-state index in [1.54, 1.807) is 24.4 Å². The van der Waals surface area contributed by atoms with Crippen molar-refractivity contribution in [1.82, 2.24) is 9.97 Å². The Bertz CT molecular complexity index is 494. The van der Waals surface area contributed by atoms with Crippen molar-refractivity contribution in [2.24, 2.45) is 0 Å². The summed E-state index contributed by atoms with van der Waals surface area (Å²) in [5, 5.41) is 0.